The van der Waals surface area contributed by atoms with Gasteiger partial charge in [0.25, 0.3) is 0 Å². The van der Waals surface area contributed by atoms with Gasteiger partial charge in [0.2, 0.25) is 0 Å². The van der Waals surface area contributed by atoms with E-state index in [0.29, 0.717) is 10.8 Å². The van der Waals surface area contributed by atoms with E-state index in [1.807, 2.05) is 0 Å². The first-order valence-electron chi connectivity index (χ1n) is 7.29. The van der Waals surface area contributed by atoms with Crippen LogP contribution in [0.25, 0.3) is 0 Å². The van der Waals surface area contributed by atoms with Crippen LogP contribution in [0.4, 0.5) is 0 Å². The lowest BCUT2D eigenvalue weighted by Crippen LogP contribution is -2.57. The molecular formula is C14H28N2S. The average molecular weight is 256 g/mol. The fourth-order valence-electron chi connectivity index (χ4n) is 3.60. The van der Waals surface area contributed by atoms with Crippen LogP contribution in [0.15, 0.2) is 0 Å². The summed E-state index contributed by atoms with van der Waals surface area (Å²) in [5, 5.41) is 0.714. The summed E-state index contributed by atoms with van der Waals surface area (Å²) in [7, 11) is 0. The first-order valence-corrected chi connectivity index (χ1v) is 8.34. The van der Waals surface area contributed by atoms with Gasteiger partial charge in [-0.15, -0.1) is 0 Å². The van der Waals surface area contributed by atoms with E-state index in [2.05, 4.69) is 30.5 Å². The maximum atomic E-state index is 6.15. The molecule has 0 bridgehead atoms. The highest BCUT2D eigenvalue weighted by atomic mass is 32.2. The third kappa shape index (κ3) is 2.66. The molecule has 3 atom stereocenters. The Bertz CT molecular complexity index is 246. The minimum atomic E-state index is 0.313. The zero-order valence-electron chi connectivity index (χ0n) is 11.5. The fourth-order valence-corrected chi connectivity index (χ4v) is 5.10. The summed E-state index contributed by atoms with van der Waals surface area (Å²) in [6.07, 6.45) is 6.84. The maximum Gasteiger partial charge on any atom is 0.0455 e. The van der Waals surface area contributed by atoms with E-state index in [1.165, 1.54) is 50.9 Å². The third-order valence-electron chi connectivity index (χ3n) is 5.07. The van der Waals surface area contributed by atoms with Gasteiger partial charge in [0.05, 0.1) is 0 Å². The molecule has 2 rings (SSSR count). The van der Waals surface area contributed by atoms with Crippen LogP contribution >= 0.6 is 11.8 Å². The summed E-state index contributed by atoms with van der Waals surface area (Å²) in [6, 6.07) is 0. The van der Waals surface area contributed by atoms with Crippen LogP contribution in [-0.4, -0.2) is 41.1 Å². The minimum Gasteiger partial charge on any atom is -0.329 e. The van der Waals surface area contributed by atoms with Gasteiger partial charge in [0.15, 0.2) is 0 Å². The van der Waals surface area contributed by atoms with Crippen LogP contribution in [0.5, 0.6) is 0 Å². The van der Waals surface area contributed by atoms with Gasteiger partial charge >= 0.3 is 0 Å². The van der Waals surface area contributed by atoms with Gasteiger partial charge in [-0.3, -0.25) is 4.90 Å². The Labute approximate surface area is 111 Å². The third-order valence-corrected chi connectivity index (χ3v) is 6.45. The smallest absolute Gasteiger partial charge is 0.0455 e. The number of thioether (sulfide) groups is 1. The highest BCUT2D eigenvalue weighted by Gasteiger charge is 2.44. The standard InChI is InChI=1S/C14H28N2S/c1-3-13-5-4-8-16(9-6-13)14(11-15)7-10-17-12(14)2/h12-13H,3-11,15H2,1-2H3. The number of rotatable bonds is 3. The van der Waals surface area contributed by atoms with E-state index < -0.39 is 0 Å². The first kappa shape index (κ1) is 13.7. The second-order valence-corrected chi connectivity index (χ2v) is 7.21. The summed E-state index contributed by atoms with van der Waals surface area (Å²) < 4.78 is 0. The number of nitrogens with zero attached hydrogens (tertiary/aromatic N) is 1. The zero-order chi connectivity index (χ0) is 12.3. The SMILES string of the molecule is CCC1CCCN(C2(CN)CCSC2C)CC1. The molecule has 0 amide bonds. The number of hydrogen-bond acceptors (Lipinski definition) is 3. The molecule has 3 heteroatoms. The van der Waals surface area contributed by atoms with Crippen molar-refractivity contribution < 1.29 is 0 Å². The van der Waals surface area contributed by atoms with Gasteiger partial charge in [-0.2, -0.15) is 11.8 Å². The minimum absolute atomic E-state index is 0.313. The average Bonchev–Trinajstić information content (AvgIpc) is 2.59. The van der Waals surface area contributed by atoms with Gasteiger partial charge < -0.3 is 5.73 Å². The maximum absolute atomic E-state index is 6.15. The normalized spacial score (nSPS) is 40.4. The molecule has 0 aromatic heterocycles. The van der Waals surface area contributed by atoms with Gasteiger partial charge in [-0.1, -0.05) is 20.3 Å². The Morgan fingerprint density at radius 3 is 2.76 bits per heavy atom. The van der Waals surface area contributed by atoms with Gasteiger partial charge in [-0.05, 0) is 50.4 Å². The molecule has 0 aliphatic carbocycles. The summed E-state index contributed by atoms with van der Waals surface area (Å²) in [5.74, 6) is 2.26. The van der Waals surface area contributed by atoms with E-state index in [-0.39, 0.29) is 0 Å². The van der Waals surface area contributed by atoms with Gasteiger partial charge in [0.1, 0.15) is 0 Å². The molecule has 0 spiro atoms. The Hall–Kier alpha value is 0.270. The van der Waals surface area contributed by atoms with E-state index in [0.717, 1.165) is 12.5 Å². The van der Waals surface area contributed by atoms with Crippen molar-refractivity contribution in [1.29, 1.82) is 0 Å². The molecular weight excluding hydrogens is 228 g/mol. The summed E-state index contributed by atoms with van der Waals surface area (Å²) in [5.41, 5.74) is 6.47. The molecule has 3 unspecified atom stereocenters. The van der Waals surface area contributed by atoms with Crippen LogP contribution in [0.3, 0.4) is 0 Å². The summed E-state index contributed by atoms with van der Waals surface area (Å²) in [6.45, 7) is 8.12. The lowest BCUT2D eigenvalue weighted by molar-refractivity contribution is 0.100. The van der Waals surface area contributed by atoms with Crippen LogP contribution in [-0.2, 0) is 0 Å². The predicted molar refractivity (Wildman–Crippen MR) is 77.5 cm³/mol. The summed E-state index contributed by atoms with van der Waals surface area (Å²) >= 11 is 2.11. The van der Waals surface area contributed by atoms with E-state index >= 15 is 0 Å². The molecule has 2 N–H and O–H groups in total. The van der Waals surface area contributed by atoms with Crippen LogP contribution in [0.1, 0.15) is 46.0 Å². The Balaban J connectivity index is 2.04. The Morgan fingerprint density at radius 2 is 2.18 bits per heavy atom. The second-order valence-electron chi connectivity index (χ2n) is 5.76. The van der Waals surface area contributed by atoms with Crippen molar-refractivity contribution >= 4 is 11.8 Å². The molecule has 2 aliphatic heterocycles. The van der Waals surface area contributed by atoms with E-state index in [4.69, 9.17) is 5.73 Å². The predicted octanol–water partition coefficient (Wildman–Crippen LogP) is 2.72. The Morgan fingerprint density at radius 1 is 1.35 bits per heavy atom. The van der Waals surface area contributed by atoms with Gasteiger partial charge in [-0.25, -0.2) is 0 Å². The van der Waals surface area contributed by atoms with Crippen LogP contribution in [0.2, 0.25) is 0 Å². The monoisotopic (exact) mass is 256 g/mol. The molecule has 0 aromatic rings. The number of nitrogens with two attached hydrogens (primary N) is 1. The fraction of sp³-hybridized carbons (Fsp3) is 1.00. The van der Waals surface area contributed by atoms with E-state index in [9.17, 15) is 0 Å². The molecule has 2 saturated heterocycles. The van der Waals surface area contributed by atoms with Crippen molar-refractivity contribution in [2.45, 2.75) is 56.7 Å². The molecule has 2 aliphatic rings. The van der Waals surface area contributed by atoms with Crippen molar-refractivity contribution in [2.24, 2.45) is 11.7 Å². The molecule has 0 aromatic carbocycles. The van der Waals surface area contributed by atoms with Crippen molar-refractivity contribution in [2.75, 3.05) is 25.4 Å². The molecule has 2 fully saturated rings. The topological polar surface area (TPSA) is 29.3 Å². The lowest BCUT2D eigenvalue weighted by atomic mass is 9.90. The van der Waals surface area contributed by atoms with Crippen LogP contribution in [0, 0.1) is 5.92 Å². The highest BCUT2D eigenvalue weighted by Crippen LogP contribution is 2.40. The van der Waals surface area contributed by atoms with Crippen molar-refractivity contribution in [3.8, 4) is 0 Å². The van der Waals surface area contributed by atoms with E-state index in [1.54, 1.807) is 0 Å². The Kier molecular flexibility index (Phi) is 4.79. The molecule has 100 valence electrons. The highest BCUT2D eigenvalue weighted by molar-refractivity contribution is 8.00. The van der Waals surface area contributed by atoms with Crippen molar-refractivity contribution in [3.63, 3.8) is 0 Å². The molecule has 2 heterocycles. The molecule has 0 radical (unpaired) electrons. The van der Waals surface area contributed by atoms with Crippen molar-refractivity contribution in [3.05, 3.63) is 0 Å². The quantitative estimate of drug-likeness (QED) is 0.842. The lowest BCUT2D eigenvalue weighted by Gasteiger charge is -2.43. The zero-order valence-corrected chi connectivity index (χ0v) is 12.3. The number of likely N-dealkylation sites (tertiary alicyclic amines) is 1. The summed E-state index contributed by atoms with van der Waals surface area (Å²) in [4.78, 5) is 2.74. The van der Waals surface area contributed by atoms with Crippen LogP contribution < -0.4 is 5.73 Å². The molecule has 0 saturated carbocycles. The first-order chi connectivity index (χ1) is 8.23. The number of hydrogen-bond donors (Lipinski definition) is 1. The largest absolute Gasteiger partial charge is 0.329 e. The molecule has 2 nitrogen and oxygen atoms in total. The van der Waals surface area contributed by atoms with Crippen molar-refractivity contribution in [1.82, 2.24) is 4.90 Å². The second kappa shape index (κ2) is 5.94. The molecule has 17 heavy (non-hydrogen) atoms. The van der Waals surface area contributed by atoms with Gasteiger partial charge in [0, 0.05) is 17.3 Å².